The van der Waals surface area contributed by atoms with Crippen molar-refractivity contribution in [1.29, 1.82) is 0 Å². The van der Waals surface area contributed by atoms with Crippen LogP contribution in [0.25, 0.3) is 6.08 Å². The molecule has 0 aromatic heterocycles. The Kier molecular flexibility index (Phi) is 7.65. The summed E-state index contributed by atoms with van der Waals surface area (Å²) in [6, 6.07) is 19.0. The van der Waals surface area contributed by atoms with Crippen molar-refractivity contribution in [3.8, 4) is 17.2 Å². The van der Waals surface area contributed by atoms with Crippen LogP contribution in [0.15, 0.2) is 72.8 Å². The predicted octanol–water partition coefficient (Wildman–Crippen LogP) is 4.75. The van der Waals surface area contributed by atoms with E-state index in [1.807, 2.05) is 30.3 Å². The van der Waals surface area contributed by atoms with E-state index in [1.165, 1.54) is 18.2 Å². The Hall–Kier alpha value is -3.80. The van der Waals surface area contributed by atoms with Gasteiger partial charge in [0.05, 0.1) is 14.2 Å². The van der Waals surface area contributed by atoms with Crippen LogP contribution in [-0.2, 0) is 17.9 Å². The maximum atomic E-state index is 13.0. The first-order valence-corrected chi connectivity index (χ1v) is 9.71. The number of nitrogens with one attached hydrogen (secondary N) is 1. The third-order valence-electron chi connectivity index (χ3n) is 4.55. The van der Waals surface area contributed by atoms with E-state index in [9.17, 15) is 9.18 Å². The van der Waals surface area contributed by atoms with Gasteiger partial charge in [0.25, 0.3) is 0 Å². The number of hydrogen-bond acceptors (Lipinski definition) is 4. The molecule has 1 amide bonds. The zero-order valence-electron chi connectivity index (χ0n) is 17.4. The number of hydrogen-bond donors (Lipinski definition) is 1. The summed E-state index contributed by atoms with van der Waals surface area (Å²) in [7, 11) is 3.16. The van der Waals surface area contributed by atoms with Crippen molar-refractivity contribution in [3.05, 3.63) is 95.3 Å². The monoisotopic (exact) mass is 421 g/mol. The van der Waals surface area contributed by atoms with Gasteiger partial charge in [-0.05, 0) is 59.2 Å². The van der Waals surface area contributed by atoms with Crippen molar-refractivity contribution in [2.24, 2.45) is 0 Å². The highest BCUT2D eigenvalue weighted by Gasteiger charge is 2.06. The average Bonchev–Trinajstić information content (AvgIpc) is 2.81. The second kappa shape index (κ2) is 10.8. The largest absolute Gasteiger partial charge is 0.497 e. The molecule has 5 nitrogen and oxygen atoms in total. The number of methoxy groups -OCH3 is 2. The molecule has 0 radical (unpaired) electrons. The summed E-state index contributed by atoms with van der Waals surface area (Å²) in [5, 5.41) is 2.84. The molecule has 0 bridgehead atoms. The van der Waals surface area contributed by atoms with Gasteiger partial charge in [-0.15, -0.1) is 0 Å². The van der Waals surface area contributed by atoms with Crippen LogP contribution in [0.2, 0.25) is 0 Å². The highest BCUT2D eigenvalue weighted by molar-refractivity contribution is 5.91. The molecule has 160 valence electrons. The van der Waals surface area contributed by atoms with Crippen LogP contribution < -0.4 is 19.5 Å². The van der Waals surface area contributed by atoms with Gasteiger partial charge in [-0.3, -0.25) is 4.79 Å². The first-order valence-electron chi connectivity index (χ1n) is 9.71. The summed E-state index contributed by atoms with van der Waals surface area (Å²) in [5.41, 5.74) is 2.62. The summed E-state index contributed by atoms with van der Waals surface area (Å²) < 4.78 is 29.3. The Morgan fingerprint density at radius 2 is 1.61 bits per heavy atom. The smallest absolute Gasteiger partial charge is 0.244 e. The summed E-state index contributed by atoms with van der Waals surface area (Å²) in [5.74, 6) is 1.39. The number of carbonyl (C=O) groups excluding carboxylic acids is 1. The number of benzene rings is 3. The van der Waals surface area contributed by atoms with E-state index in [2.05, 4.69) is 5.32 Å². The van der Waals surface area contributed by atoms with Crippen molar-refractivity contribution in [1.82, 2.24) is 5.32 Å². The molecule has 6 heteroatoms. The Morgan fingerprint density at radius 1 is 0.903 bits per heavy atom. The van der Waals surface area contributed by atoms with Crippen LogP contribution in [0.5, 0.6) is 17.2 Å². The molecular formula is C25H24FNO4. The van der Waals surface area contributed by atoms with Crippen molar-refractivity contribution in [2.75, 3.05) is 14.2 Å². The molecule has 0 saturated carbocycles. The fourth-order valence-corrected chi connectivity index (χ4v) is 2.81. The molecule has 0 aliphatic carbocycles. The molecular weight excluding hydrogens is 397 g/mol. The highest BCUT2D eigenvalue weighted by Crippen LogP contribution is 2.29. The molecule has 0 spiro atoms. The quantitative estimate of drug-likeness (QED) is 0.507. The van der Waals surface area contributed by atoms with Crippen LogP contribution in [0.3, 0.4) is 0 Å². The van der Waals surface area contributed by atoms with Crippen molar-refractivity contribution in [3.63, 3.8) is 0 Å². The fraction of sp³-hybridized carbons (Fsp3) is 0.160. The molecule has 0 heterocycles. The number of ether oxygens (including phenoxy) is 3. The third kappa shape index (κ3) is 6.60. The molecule has 0 fully saturated rings. The lowest BCUT2D eigenvalue weighted by molar-refractivity contribution is -0.116. The second-order valence-corrected chi connectivity index (χ2v) is 6.72. The molecule has 1 N–H and O–H groups in total. The Balaban J connectivity index is 1.55. The van der Waals surface area contributed by atoms with Gasteiger partial charge in [0.2, 0.25) is 5.91 Å². The molecule has 31 heavy (non-hydrogen) atoms. The van der Waals surface area contributed by atoms with Gasteiger partial charge in [0.1, 0.15) is 18.2 Å². The van der Waals surface area contributed by atoms with Gasteiger partial charge in [0.15, 0.2) is 11.5 Å². The Labute approximate surface area is 181 Å². The zero-order valence-corrected chi connectivity index (χ0v) is 17.4. The van der Waals surface area contributed by atoms with Gasteiger partial charge in [-0.25, -0.2) is 4.39 Å². The average molecular weight is 421 g/mol. The molecule has 0 aliphatic rings. The maximum Gasteiger partial charge on any atom is 0.244 e. The van der Waals surface area contributed by atoms with E-state index in [-0.39, 0.29) is 11.7 Å². The molecule has 3 aromatic carbocycles. The third-order valence-corrected chi connectivity index (χ3v) is 4.55. The second-order valence-electron chi connectivity index (χ2n) is 6.72. The van der Waals surface area contributed by atoms with Gasteiger partial charge >= 0.3 is 0 Å². The molecule has 3 rings (SSSR count). The minimum atomic E-state index is -0.287. The Bertz CT molecular complexity index is 1030. The van der Waals surface area contributed by atoms with Crippen LogP contribution in [-0.4, -0.2) is 20.1 Å². The van der Waals surface area contributed by atoms with Crippen LogP contribution in [0.4, 0.5) is 4.39 Å². The number of carbonyl (C=O) groups is 1. The summed E-state index contributed by atoms with van der Waals surface area (Å²) >= 11 is 0. The van der Waals surface area contributed by atoms with Crippen molar-refractivity contribution < 1.29 is 23.4 Å². The Morgan fingerprint density at radius 3 is 2.29 bits per heavy atom. The summed E-state index contributed by atoms with van der Waals surface area (Å²) in [4.78, 5) is 12.1. The number of rotatable bonds is 9. The lowest BCUT2D eigenvalue weighted by Gasteiger charge is -2.11. The molecule has 0 aliphatic heterocycles. The minimum Gasteiger partial charge on any atom is -0.497 e. The SMILES string of the molecule is COc1ccc(CNC(=O)/C=C/c2ccc(OCc3ccc(F)cc3)c(OC)c2)cc1. The highest BCUT2D eigenvalue weighted by atomic mass is 19.1. The zero-order chi connectivity index (χ0) is 22.1. The van der Waals surface area contributed by atoms with E-state index < -0.39 is 0 Å². The topological polar surface area (TPSA) is 56.8 Å². The first-order chi connectivity index (χ1) is 15.1. The van der Waals surface area contributed by atoms with Crippen molar-refractivity contribution in [2.45, 2.75) is 13.2 Å². The first kappa shape index (κ1) is 21.9. The standard InChI is InChI=1S/C25H24FNO4/c1-29-22-11-5-19(6-12-22)16-27-25(28)14-8-18-7-13-23(24(15-18)30-2)31-17-20-3-9-21(26)10-4-20/h3-15H,16-17H2,1-2H3,(H,27,28)/b14-8+. The molecule has 0 unspecified atom stereocenters. The minimum absolute atomic E-state index is 0.202. The van der Waals surface area contributed by atoms with Gasteiger partial charge in [0, 0.05) is 12.6 Å². The summed E-state index contributed by atoms with van der Waals surface area (Å²) in [6.45, 7) is 0.715. The molecule has 3 aromatic rings. The van der Waals surface area contributed by atoms with E-state index in [0.29, 0.717) is 24.7 Å². The molecule has 0 atom stereocenters. The lowest BCUT2D eigenvalue weighted by Crippen LogP contribution is -2.20. The fourth-order valence-electron chi connectivity index (χ4n) is 2.81. The van der Waals surface area contributed by atoms with Crippen molar-refractivity contribution >= 4 is 12.0 Å². The number of amides is 1. The van der Waals surface area contributed by atoms with Gasteiger partial charge in [-0.2, -0.15) is 0 Å². The predicted molar refractivity (Wildman–Crippen MR) is 118 cm³/mol. The lowest BCUT2D eigenvalue weighted by atomic mass is 10.1. The van der Waals surface area contributed by atoms with Gasteiger partial charge in [-0.1, -0.05) is 30.3 Å². The van der Waals surface area contributed by atoms with Crippen LogP contribution in [0, 0.1) is 5.82 Å². The van der Waals surface area contributed by atoms with E-state index >= 15 is 0 Å². The summed E-state index contributed by atoms with van der Waals surface area (Å²) in [6.07, 6.45) is 3.17. The molecule has 0 saturated heterocycles. The van der Waals surface area contributed by atoms with Gasteiger partial charge < -0.3 is 19.5 Å². The maximum absolute atomic E-state index is 13.0. The number of halogens is 1. The van der Waals surface area contributed by atoms with Crippen LogP contribution >= 0.6 is 0 Å². The van der Waals surface area contributed by atoms with E-state index in [4.69, 9.17) is 14.2 Å². The van der Waals surface area contributed by atoms with E-state index in [0.717, 1.165) is 22.4 Å². The normalized spacial score (nSPS) is 10.7. The van der Waals surface area contributed by atoms with Crippen LogP contribution in [0.1, 0.15) is 16.7 Å². The van der Waals surface area contributed by atoms with E-state index in [1.54, 1.807) is 44.6 Å².